The van der Waals surface area contributed by atoms with E-state index in [0.717, 1.165) is 32.2 Å². The van der Waals surface area contributed by atoms with Gasteiger partial charge in [-0.1, -0.05) is 27.7 Å². The summed E-state index contributed by atoms with van der Waals surface area (Å²) < 4.78 is 5.37. The molecule has 1 aliphatic carbocycles. The number of thioether (sulfide) groups is 1. The van der Waals surface area contributed by atoms with Crippen molar-refractivity contribution >= 4 is 17.7 Å². The van der Waals surface area contributed by atoms with Crippen LogP contribution in [-0.4, -0.2) is 35.2 Å². The lowest BCUT2D eigenvalue weighted by Gasteiger charge is -2.40. The molecule has 124 valence electrons. The Balaban J connectivity index is 2.74. The number of carbonyl (C=O) groups excluding carboxylic acids is 1. The monoisotopic (exact) mass is 315 g/mol. The van der Waals surface area contributed by atoms with Crippen LogP contribution in [0.25, 0.3) is 0 Å². The van der Waals surface area contributed by atoms with Crippen molar-refractivity contribution in [3.8, 4) is 0 Å². The van der Waals surface area contributed by atoms with E-state index in [0.29, 0.717) is 23.0 Å². The molecule has 0 amide bonds. The number of esters is 1. The summed E-state index contributed by atoms with van der Waals surface area (Å²) in [4.78, 5) is 12.5. The van der Waals surface area contributed by atoms with Gasteiger partial charge in [0.15, 0.2) is 0 Å². The maximum Gasteiger partial charge on any atom is 0.326 e. The van der Waals surface area contributed by atoms with Crippen LogP contribution in [-0.2, 0) is 9.53 Å². The van der Waals surface area contributed by atoms with Gasteiger partial charge >= 0.3 is 5.97 Å². The normalized spacial score (nSPS) is 27.6. The largest absolute Gasteiger partial charge is 0.465 e. The predicted octanol–water partition coefficient (Wildman–Crippen LogP) is 4.01. The molecule has 1 fully saturated rings. The molecule has 3 nitrogen and oxygen atoms in total. The first-order valence-electron chi connectivity index (χ1n) is 8.53. The Morgan fingerprint density at radius 1 is 1.38 bits per heavy atom. The second kappa shape index (κ2) is 9.04. The highest BCUT2D eigenvalue weighted by molar-refractivity contribution is 8.00. The standard InChI is InChI=1S/C17H33NO2S/c1-6-11-18-17(16(19)20-7-2)10-8-9-15(12-17)21-14(5)13(3)4/h13-15,18H,6-12H2,1-5H3. The zero-order valence-electron chi connectivity index (χ0n) is 14.4. The molecule has 4 heteroatoms. The molecule has 3 atom stereocenters. The van der Waals surface area contributed by atoms with Crippen molar-refractivity contribution in [2.75, 3.05) is 13.2 Å². The maximum atomic E-state index is 12.5. The molecule has 0 aromatic heterocycles. The molecule has 0 radical (unpaired) electrons. The summed E-state index contributed by atoms with van der Waals surface area (Å²) in [6, 6.07) is 0. The van der Waals surface area contributed by atoms with Crippen LogP contribution in [0.1, 0.15) is 66.7 Å². The Morgan fingerprint density at radius 3 is 2.67 bits per heavy atom. The molecule has 21 heavy (non-hydrogen) atoms. The van der Waals surface area contributed by atoms with Gasteiger partial charge in [0.25, 0.3) is 0 Å². The highest BCUT2D eigenvalue weighted by Gasteiger charge is 2.44. The minimum Gasteiger partial charge on any atom is -0.465 e. The van der Waals surface area contributed by atoms with E-state index >= 15 is 0 Å². The molecule has 0 bridgehead atoms. The van der Waals surface area contributed by atoms with Gasteiger partial charge in [0.2, 0.25) is 0 Å². The molecule has 0 saturated heterocycles. The summed E-state index contributed by atoms with van der Waals surface area (Å²) in [5, 5.41) is 4.71. The van der Waals surface area contributed by atoms with E-state index in [1.807, 2.05) is 6.92 Å². The molecule has 0 aliphatic heterocycles. The van der Waals surface area contributed by atoms with Gasteiger partial charge in [-0.05, 0) is 51.5 Å². The zero-order valence-corrected chi connectivity index (χ0v) is 15.2. The molecule has 0 aromatic rings. The molecule has 1 aliphatic rings. The number of ether oxygens (including phenoxy) is 1. The first-order chi connectivity index (χ1) is 9.95. The minimum absolute atomic E-state index is 0.0408. The molecule has 1 rings (SSSR count). The van der Waals surface area contributed by atoms with Crippen LogP contribution in [0.4, 0.5) is 0 Å². The average molecular weight is 316 g/mol. The SMILES string of the molecule is CCCNC1(C(=O)OCC)CCCC(SC(C)C(C)C)C1. The molecule has 0 heterocycles. The van der Waals surface area contributed by atoms with Crippen molar-refractivity contribution in [2.45, 2.75) is 82.8 Å². The van der Waals surface area contributed by atoms with Gasteiger partial charge in [-0.3, -0.25) is 4.79 Å². The van der Waals surface area contributed by atoms with E-state index in [9.17, 15) is 4.79 Å². The lowest BCUT2D eigenvalue weighted by Crippen LogP contribution is -2.56. The van der Waals surface area contributed by atoms with Gasteiger partial charge in [-0.2, -0.15) is 11.8 Å². The fourth-order valence-electron chi connectivity index (χ4n) is 2.85. The molecule has 1 saturated carbocycles. The second-order valence-corrected chi connectivity index (χ2v) is 8.22. The minimum atomic E-state index is -0.446. The average Bonchev–Trinajstić information content (AvgIpc) is 2.45. The Morgan fingerprint density at radius 2 is 2.10 bits per heavy atom. The lowest BCUT2D eigenvalue weighted by molar-refractivity contribution is -0.152. The maximum absolute atomic E-state index is 12.5. The number of rotatable bonds is 8. The zero-order chi connectivity index (χ0) is 15.9. The fourth-order valence-corrected chi connectivity index (χ4v) is 4.46. The van der Waals surface area contributed by atoms with E-state index in [1.54, 1.807) is 0 Å². The highest BCUT2D eigenvalue weighted by atomic mass is 32.2. The smallest absolute Gasteiger partial charge is 0.326 e. The van der Waals surface area contributed by atoms with E-state index in [4.69, 9.17) is 4.74 Å². The quantitative estimate of drug-likeness (QED) is 0.687. The molecular weight excluding hydrogens is 282 g/mol. The lowest BCUT2D eigenvalue weighted by atomic mass is 9.81. The Bertz CT molecular complexity index is 322. The van der Waals surface area contributed by atoms with E-state index < -0.39 is 5.54 Å². The van der Waals surface area contributed by atoms with E-state index in [2.05, 4.69) is 44.8 Å². The van der Waals surface area contributed by atoms with E-state index in [1.165, 1.54) is 6.42 Å². The first kappa shape index (κ1) is 18.8. The number of nitrogens with one attached hydrogen (secondary N) is 1. The molecular formula is C17H33NO2S. The van der Waals surface area contributed by atoms with Crippen molar-refractivity contribution in [1.82, 2.24) is 5.32 Å². The Labute approximate surface area is 135 Å². The van der Waals surface area contributed by atoms with Crippen LogP contribution >= 0.6 is 11.8 Å². The van der Waals surface area contributed by atoms with Crippen molar-refractivity contribution in [3.63, 3.8) is 0 Å². The summed E-state index contributed by atoms with van der Waals surface area (Å²) in [5.41, 5.74) is -0.446. The van der Waals surface area contributed by atoms with Crippen molar-refractivity contribution < 1.29 is 9.53 Å². The summed E-state index contributed by atoms with van der Waals surface area (Å²) in [5.74, 6) is 0.637. The summed E-state index contributed by atoms with van der Waals surface area (Å²) in [7, 11) is 0. The van der Waals surface area contributed by atoms with E-state index in [-0.39, 0.29) is 5.97 Å². The van der Waals surface area contributed by atoms with Gasteiger partial charge in [0.05, 0.1) is 6.61 Å². The van der Waals surface area contributed by atoms with Crippen LogP contribution in [0.15, 0.2) is 0 Å². The molecule has 0 spiro atoms. The number of hydrogen-bond acceptors (Lipinski definition) is 4. The summed E-state index contributed by atoms with van der Waals surface area (Å²) in [6.07, 6.45) is 5.20. The summed E-state index contributed by atoms with van der Waals surface area (Å²) >= 11 is 2.05. The van der Waals surface area contributed by atoms with Crippen molar-refractivity contribution in [2.24, 2.45) is 5.92 Å². The molecule has 1 N–H and O–H groups in total. The Kier molecular flexibility index (Phi) is 8.10. The Hall–Kier alpha value is -0.220. The fraction of sp³-hybridized carbons (Fsp3) is 0.941. The first-order valence-corrected chi connectivity index (χ1v) is 9.47. The third-order valence-electron chi connectivity index (χ3n) is 4.43. The van der Waals surface area contributed by atoms with Crippen LogP contribution < -0.4 is 5.32 Å². The van der Waals surface area contributed by atoms with Gasteiger partial charge in [-0.25, -0.2) is 0 Å². The third-order valence-corrected chi connectivity index (χ3v) is 6.19. The highest BCUT2D eigenvalue weighted by Crippen LogP contribution is 2.38. The van der Waals surface area contributed by atoms with Gasteiger partial charge in [0, 0.05) is 10.5 Å². The van der Waals surface area contributed by atoms with Crippen LogP contribution in [0.3, 0.4) is 0 Å². The summed E-state index contributed by atoms with van der Waals surface area (Å²) in [6.45, 7) is 12.2. The predicted molar refractivity (Wildman–Crippen MR) is 91.8 cm³/mol. The van der Waals surface area contributed by atoms with Gasteiger partial charge < -0.3 is 10.1 Å². The second-order valence-electron chi connectivity index (χ2n) is 6.53. The third kappa shape index (κ3) is 5.48. The number of hydrogen-bond donors (Lipinski definition) is 1. The van der Waals surface area contributed by atoms with Crippen LogP contribution in [0.5, 0.6) is 0 Å². The molecule has 3 unspecified atom stereocenters. The van der Waals surface area contributed by atoms with Crippen LogP contribution in [0, 0.1) is 5.92 Å². The van der Waals surface area contributed by atoms with Crippen molar-refractivity contribution in [3.05, 3.63) is 0 Å². The molecule has 0 aromatic carbocycles. The van der Waals surface area contributed by atoms with Crippen LogP contribution in [0.2, 0.25) is 0 Å². The van der Waals surface area contributed by atoms with Gasteiger partial charge in [-0.15, -0.1) is 0 Å². The van der Waals surface area contributed by atoms with Gasteiger partial charge in [0.1, 0.15) is 5.54 Å². The topological polar surface area (TPSA) is 38.3 Å². The van der Waals surface area contributed by atoms with Crippen molar-refractivity contribution in [1.29, 1.82) is 0 Å². The number of carbonyl (C=O) groups is 1.